The van der Waals surface area contributed by atoms with Gasteiger partial charge >= 0.3 is 0 Å². The first kappa shape index (κ1) is 21.1. The molecule has 1 heterocycles. The lowest BCUT2D eigenvalue weighted by atomic mass is 9.86. The number of carbonyl (C=O) groups is 1. The van der Waals surface area contributed by atoms with E-state index in [1.165, 1.54) is 5.56 Å². The molecule has 0 unspecified atom stereocenters. The van der Waals surface area contributed by atoms with Crippen molar-refractivity contribution in [3.63, 3.8) is 0 Å². The average molecular weight is 427 g/mol. The van der Waals surface area contributed by atoms with Crippen molar-refractivity contribution in [3.8, 4) is 0 Å². The van der Waals surface area contributed by atoms with Crippen LogP contribution < -0.4 is 9.62 Å². The third-order valence-corrected chi connectivity index (χ3v) is 7.60. The summed E-state index contributed by atoms with van der Waals surface area (Å²) in [5.74, 6) is 0.335. The Morgan fingerprint density at radius 2 is 1.77 bits per heavy atom. The Kier molecular flexibility index (Phi) is 5.27. The Morgan fingerprint density at radius 3 is 2.37 bits per heavy atom. The summed E-state index contributed by atoms with van der Waals surface area (Å²) in [5.41, 5.74) is 3.98. The zero-order chi connectivity index (χ0) is 21.7. The third-order valence-electron chi connectivity index (χ3n) is 6.06. The Balaban J connectivity index is 1.50. The van der Waals surface area contributed by atoms with Crippen molar-refractivity contribution in [3.05, 3.63) is 59.2 Å². The number of carbonyl (C=O) groups excluding carboxylic acids is 1. The molecule has 1 aliphatic carbocycles. The molecule has 1 saturated carbocycles. The molecular weight excluding hydrogens is 396 g/mol. The molecule has 2 aliphatic rings. The summed E-state index contributed by atoms with van der Waals surface area (Å²) in [6.45, 7) is 8.95. The summed E-state index contributed by atoms with van der Waals surface area (Å²) in [4.78, 5) is 14.5. The molecule has 0 saturated heterocycles. The molecule has 1 amide bonds. The second-order valence-corrected chi connectivity index (χ2v) is 11.2. The minimum absolute atomic E-state index is 0.0560. The summed E-state index contributed by atoms with van der Waals surface area (Å²) in [5, 5.41) is 0. The maximum Gasteiger partial charge on any atom is 0.241 e. The molecule has 2 aromatic rings. The van der Waals surface area contributed by atoms with Gasteiger partial charge in [-0.15, -0.1) is 0 Å². The van der Waals surface area contributed by atoms with E-state index in [2.05, 4.69) is 37.6 Å². The smallest absolute Gasteiger partial charge is 0.241 e. The number of nitrogens with one attached hydrogen (secondary N) is 1. The SMILES string of the molecule is C[C@H](NS(=O)(=O)c1ccc2c(c1)CCN2C(=O)C1CC1)c1ccc(C(C)(C)C)cc1. The molecule has 0 radical (unpaired) electrons. The lowest BCUT2D eigenvalue weighted by molar-refractivity contribution is -0.119. The normalized spacial score (nSPS) is 17.7. The first-order valence-electron chi connectivity index (χ1n) is 10.6. The molecule has 160 valence electrons. The van der Waals surface area contributed by atoms with Crippen LogP contribution in [0, 0.1) is 5.92 Å². The van der Waals surface area contributed by atoms with Crippen molar-refractivity contribution >= 4 is 21.6 Å². The van der Waals surface area contributed by atoms with Crippen LogP contribution in [0.4, 0.5) is 5.69 Å². The second kappa shape index (κ2) is 7.50. The molecule has 2 aromatic carbocycles. The van der Waals surface area contributed by atoms with Crippen LogP contribution in [0.3, 0.4) is 0 Å². The van der Waals surface area contributed by atoms with E-state index in [0.717, 1.165) is 29.7 Å². The second-order valence-electron chi connectivity index (χ2n) is 9.52. The molecule has 0 aromatic heterocycles. The van der Waals surface area contributed by atoms with E-state index >= 15 is 0 Å². The molecule has 0 spiro atoms. The highest BCUT2D eigenvalue weighted by Crippen LogP contribution is 2.37. The van der Waals surface area contributed by atoms with Gasteiger partial charge in [-0.2, -0.15) is 0 Å². The van der Waals surface area contributed by atoms with Crippen molar-refractivity contribution in [2.75, 3.05) is 11.4 Å². The van der Waals surface area contributed by atoms with Gasteiger partial charge in [-0.25, -0.2) is 13.1 Å². The van der Waals surface area contributed by atoms with Crippen molar-refractivity contribution in [2.45, 2.75) is 63.3 Å². The summed E-state index contributed by atoms with van der Waals surface area (Å²) in [7, 11) is -3.66. The van der Waals surface area contributed by atoms with Gasteiger partial charge in [0.05, 0.1) is 4.90 Å². The number of hydrogen-bond donors (Lipinski definition) is 1. The number of sulfonamides is 1. The zero-order valence-corrected chi connectivity index (χ0v) is 18.9. The highest BCUT2D eigenvalue weighted by molar-refractivity contribution is 7.89. The van der Waals surface area contributed by atoms with E-state index in [1.807, 2.05) is 24.0 Å². The van der Waals surface area contributed by atoms with Crippen molar-refractivity contribution in [1.82, 2.24) is 4.72 Å². The van der Waals surface area contributed by atoms with Gasteiger partial charge in [-0.3, -0.25) is 4.79 Å². The highest BCUT2D eigenvalue weighted by Gasteiger charge is 2.36. The predicted octanol–water partition coefficient (Wildman–Crippen LogP) is 4.32. The van der Waals surface area contributed by atoms with Crippen molar-refractivity contribution in [2.24, 2.45) is 5.92 Å². The first-order chi connectivity index (χ1) is 14.1. The lowest BCUT2D eigenvalue weighted by Crippen LogP contribution is -2.30. The number of amides is 1. The topological polar surface area (TPSA) is 66.5 Å². The van der Waals surface area contributed by atoms with Gasteiger partial charge < -0.3 is 4.90 Å². The van der Waals surface area contributed by atoms with Gasteiger partial charge in [0.25, 0.3) is 0 Å². The fourth-order valence-electron chi connectivity index (χ4n) is 3.97. The Bertz CT molecular complexity index is 1060. The molecule has 1 atom stereocenters. The highest BCUT2D eigenvalue weighted by atomic mass is 32.2. The summed E-state index contributed by atoms with van der Waals surface area (Å²) >= 11 is 0. The Labute approximate surface area is 179 Å². The largest absolute Gasteiger partial charge is 0.312 e. The van der Waals surface area contributed by atoms with Gasteiger partial charge in [0.15, 0.2) is 0 Å². The monoisotopic (exact) mass is 426 g/mol. The molecule has 1 fully saturated rings. The number of benzene rings is 2. The number of hydrogen-bond acceptors (Lipinski definition) is 3. The molecule has 0 bridgehead atoms. The van der Waals surface area contributed by atoms with Crippen LogP contribution in [0.2, 0.25) is 0 Å². The third kappa shape index (κ3) is 4.16. The van der Waals surface area contributed by atoms with Crippen LogP contribution in [0.25, 0.3) is 0 Å². The maximum absolute atomic E-state index is 13.0. The van der Waals surface area contributed by atoms with Gasteiger partial charge in [0.2, 0.25) is 15.9 Å². The number of fused-ring (bicyclic) bond motifs is 1. The summed E-state index contributed by atoms with van der Waals surface area (Å²) in [6, 6.07) is 12.8. The Hall–Kier alpha value is -2.18. The average Bonchev–Trinajstić information content (AvgIpc) is 3.45. The van der Waals surface area contributed by atoms with Crippen LogP contribution in [0.5, 0.6) is 0 Å². The van der Waals surface area contributed by atoms with Gasteiger partial charge in [0.1, 0.15) is 0 Å². The van der Waals surface area contributed by atoms with Crippen LogP contribution in [0.15, 0.2) is 47.4 Å². The van der Waals surface area contributed by atoms with E-state index in [9.17, 15) is 13.2 Å². The number of rotatable bonds is 5. The van der Waals surface area contributed by atoms with Crippen molar-refractivity contribution in [1.29, 1.82) is 0 Å². The van der Waals surface area contributed by atoms with Crippen LogP contribution in [-0.4, -0.2) is 20.9 Å². The number of nitrogens with zero attached hydrogens (tertiary/aromatic N) is 1. The van der Waals surface area contributed by atoms with Crippen LogP contribution >= 0.6 is 0 Å². The fourth-order valence-corrected chi connectivity index (χ4v) is 5.25. The predicted molar refractivity (Wildman–Crippen MR) is 119 cm³/mol. The van der Waals surface area contributed by atoms with E-state index < -0.39 is 10.0 Å². The summed E-state index contributed by atoms with van der Waals surface area (Å²) < 4.78 is 28.8. The minimum Gasteiger partial charge on any atom is -0.312 e. The van der Waals surface area contributed by atoms with E-state index in [1.54, 1.807) is 18.2 Å². The molecule has 30 heavy (non-hydrogen) atoms. The number of anilines is 1. The molecule has 6 heteroatoms. The molecule has 5 nitrogen and oxygen atoms in total. The van der Waals surface area contributed by atoms with Crippen LogP contribution in [0.1, 0.15) is 63.3 Å². The Morgan fingerprint density at radius 1 is 1.10 bits per heavy atom. The standard InChI is InChI=1S/C24H30N2O3S/c1-16(17-7-9-20(10-8-17)24(2,3)4)25-30(28,29)21-11-12-22-19(15-21)13-14-26(22)23(27)18-5-6-18/h7-12,15-16,18,25H,5-6,13-14H2,1-4H3/t16-/m0/s1. The summed E-state index contributed by atoms with van der Waals surface area (Å²) in [6.07, 6.45) is 2.63. The first-order valence-corrected chi connectivity index (χ1v) is 12.1. The van der Waals surface area contributed by atoms with E-state index in [-0.39, 0.29) is 28.2 Å². The van der Waals surface area contributed by atoms with Gasteiger partial charge in [-0.1, -0.05) is 45.0 Å². The van der Waals surface area contributed by atoms with E-state index in [0.29, 0.717) is 13.0 Å². The van der Waals surface area contributed by atoms with E-state index in [4.69, 9.17) is 0 Å². The lowest BCUT2D eigenvalue weighted by Gasteiger charge is -2.21. The van der Waals surface area contributed by atoms with Crippen molar-refractivity contribution < 1.29 is 13.2 Å². The quantitative estimate of drug-likeness (QED) is 0.774. The minimum atomic E-state index is -3.66. The molecule has 1 N–H and O–H groups in total. The van der Waals surface area contributed by atoms with Gasteiger partial charge in [0, 0.05) is 24.2 Å². The molecule has 4 rings (SSSR count). The van der Waals surface area contributed by atoms with Gasteiger partial charge in [-0.05, 0) is 66.5 Å². The fraction of sp³-hybridized carbons (Fsp3) is 0.458. The molecule has 1 aliphatic heterocycles. The zero-order valence-electron chi connectivity index (χ0n) is 18.1. The maximum atomic E-state index is 13.0. The van der Waals surface area contributed by atoms with Crippen LogP contribution in [-0.2, 0) is 26.7 Å². The molecular formula is C24H30N2O3S.